The van der Waals surface area contributed by atoms with E-state index in [0.29, 0.717) is 0 Å². The molecule has 164 valence electrons. The van der Waals surface area contributed by atoms with Crippen LogP contribution < -0.4 is 0 Å². The number of hydrogen-bond donors (Lipinski definition) is 1. The first-order chi connectivity index (χ1) is 12.4. The number of hydrogen-bond acceptors (Lipinski definition) is 7. The van der Waals surface area contributed by atoms with Gasteiger partial charge in [-0.2, -0.15) is 0 Å². The predicted octanol–water partition coefficient (Wildman–Crippen LogP) is 4.84. The summed E-state index contributed by atoms with van der Waals surface area (Å²) in [4.78, 5) is 4.36. The fourth-order valence-corrected chi connectivity index (χ4v) is 6.38. The van der Waals surface area contributed by atoms with E-state index in [4.69, 9.17) is 5.26 Å². The van der Waals surface area contributed by atoms with Gasteiger partial charge in [-0.05, 0) is 17.3 Å². The Kier molecular flexibility index (Phi) is 6.76. The third-order valence-corrected chi connectivity index (χ3v) is 7.35. The Morgan fingerprint density at radius 3 is 1.89 bits per heavy atom. The average molecular weight is 458 g/mol. The zero-order valence-electron chi connectivity index (χ0n) is 15.7. The van der Waals surface area contributed by atoms with Crippen LogP contribution in [0.4, 0.5) is 25.2 Å². The van der Waals surface area contributed by atoms with Gasteiger partial charge < -0.3 is 0 Å². The first-order valence-electron chi connectivity index (χ1n) is 7.51. The molecule has 28 heavy (non-hydrogen) atoms. The summed E-state index contributed by atoms with van der Waals surface area (Å²) in [5, 5.41) is 17.5. The first kappa shape index (κ1) is 24.9. The summed E-state index contributed by atoms with van der Waals surface area (Å²) in [6.45, 7) is 0.0678. The van der Waals surface area contributed by atoms with E-state index in [9.17, 15) is 25.2 Å². The SMILES string of the molecule is CN(C)[P+](N(C)C)(N(C)COO)n1nnc2ccccc21.F[P-](F)(F)(F)(F)F. The Hall–Kier alpha value is -1.14. The van der Waals surface area contributed by atoms with Gasteiger partial charge in [-0.15, -0.1) is 19.1 Å². The summed E-state index contributed by atoms with van der Waals surface area (Å²) in [5.41, 5.74) is 1.78. The van der Waals surface area contributed by atoms with Crippen LogP contribution in [-0.2, 0) is 4.89 Å². The van der Waals surface area contributed by atoms with Gasteiger partial charge in [0.25, 0.3) is 0 Å². The van der Waals surface area contributed by atoms with Gasteiger partial charge in [-0.25, -0.2) is 4.89 Å². The Morgan fingerprint density at radius 2 is 1.46 bits per heavy atom. The second-order valence-corrected chi connectivity index (χ2v) is 11.7. The van der Waals surface area contributed by atoms with Gasteiger partial charge in [0.15, 0.2) is 6.73 Å². The molecule has 8 nitrogen and oxygen atoms in total. The van der Waals surface area contributed by atoms with Crippen LogP contribution in [0.25, 0.3) is 11.0 Å². The molecule has 1 N–H and O–H groups in total. The van der Waals surface area contributed by atoms with Crippen LogP contribution in [-0.4, -0.2) is 76.0 Å². The fraction of sp³-hybridized carbons (Fsp3) is 0.500. The molecule has 0 unspecified atom stereocenters. The van der Waals surface area contributed by atoms with E-state index in [2.05, 4.69) is 24.5 Å². The molecule has 0 aliphatic rings. The molecular formula is C12H22F6N6O2P2. The number of benzene rings is 1. The van der Waals surface area contributed by atoms with E-state index >= 15 is 0 Å². The molecular weight excluding hydrogens is 436 g/mol. The van der Waals surface area contributed by atoms with Crippen molar-refractivity contribution in [3.63, 3.8) is 0 Å². The normalized spacial score (nSPS) is 15.5. The minimum atomic E-state index is -10.7. The molecule has 1 aromatic carbocycles. The van der Waals surface area contributed by atoms with Crippen molar-refractivity contribution in [1.29, 1.82) is 0 Å². The summed E-state index contributed by atoms with van der Waals surface area (Å²) in [5.74, 6) is 0. The summed E-state index contributed by atoms with van der Waals surface area (Å²) in [6.07, 6.45) is 0. The molecule has 1 aromatic heterocycles. The van der Waals surface area contributed by atoms with Crippen molar-refractivity contribution in [2.24, 2.45) is 0 Å². The molecule has 0 saturated heterocycles. The maximum atomic E-state index is 9.87. The molecule has 0 fully saturated rings. The third-order valence-electron chi connectivity index (χ3n) is 3.36. The molecule has 2 aromatic rings. The van der Waals surface area contributed by atoms with Crippen LogP contribution in [0, 0.1) is 0 Å². The number of aromatic nitrogens is 3. The summed E-state index contributed by atoms with van der Waals surface area (Å²) >= 11 is 0. The van der Waals surface area contributed by atoms with Crippen molar-refractivity contribution in [1.82, 2.24) is 28.8 Å². The molecule has 0 spiro atoms. The molecule has 0 bridgehead atoms. The molecule has 0 saturated carbocycles. The quantitative estimate of drug-likeness (QED) is 0.218. The van der Waals surface area contributed by atoms with E-state index in [1.807, 2.05) is 68.6 Å². The van der Waals surface area contributed by atoms with E-state index in [-0.39, 0.29) is 6.73 Å². The number of halogens is 6. The summed E-state index contributed by atoms with van der Waals surface area (Å²) in [7, 11) is -3.07. The van der Waals surface area contributed by atoms with E-state index in [1.54, 1.807) is 0 Å². The standard InChI is InChI=1S/C12H21N6O2P.F6P/c1-15(2)21(16(3)4,17(5)10-20-19)18-12-9-7-6-8-11(12)13-14-18;1-7(2,3,4,5)6/h6-9H,10H2,1-5H3;/q;-1/p+1. The minimum absolute atomic E-state index is 0.0678. The second kappa shape index (κ2) is 7.60. The van der Waals surface area contributed by atoms with Gasteiger partial charge in [0.1, 0.15) is 11.0 Å². The van der Waals surface area contributed by atoms with Crippen LogP contribution in [0.15, 0.2) is 24.3 Å². The molecule has 16 heteroatoms. The monoisotopic (exact) mass is 458 g/mol. The predicted molar refractivity (Wildman–Crippen MR) is 97.1 cm³/mol. The number of fused-ring (bicyclic) bond motifs is 1. The van der Waals surface area contributed by atoms with Crippen molar-refractivity contribution in [2.45, 2.75) is 0 Å². The number of para-hydroxylation sites is 1. The molecule has 2 rings (SSSR count). The second-order valence-electron chi connectivity index (χ2n) is 6.07. The average Bonchev–Trinajstić information content (AvgIpc) is 2.89. The van der Waals surface area contributed by atoms with Crippen LogP contribution in [0.5, 0.6) is 0 Å². The van der Waals surface area contributed by atoms with Crippen LogP contribution in [0.3, 0.4) is 0 Å². The molecule has 0 aliphatic heterocycles. The van der Waals surface area contributed by atoms with Gasteiger partial charge >= 0.3 is 40.9 Å². The van der Waals surface area contributed by atoms with Gasteiger partial charge in [-0.1, -0.05) is 16.6 Å². The van der Waals surface area contributed by atoms with Crippen LogP contribution >= 0.6 is 15.7 Å². The van der Waals surface area contributed by atoms with E-state index in [0.717, 1.165) is 11.0 Å². The zero-order valence-corrected chi connectivity index (χ0v) is 17.5. The van der Waals surface area contributed by atoms with Crippen molar-refractivity contribution in [3.05, 3.63) is 24.3 Å². The molecule has 0 radical (unpaired) electrons. The van der Waals surface area contributed by atoms with Crippen LogP contribution in [0.2, 0.25) is 0 Å². The summed E-state index contributed by atoms with van der Waals surface area (Å²) in [6, 6.07) is 7.82. The maximum absolute atomic E-state index is 10.7. The molecule has 0 aliphatic carbocycles. The van der Waals surface area contributed by atoms with Crippen molar-refractivity contribution in [2.75, 3.05) is 42.0 Å². The summed E-state index contributed by atoms with van der Waals surface area (Å²) < 4.78 is 67.2. The Morgan fingerprint density at radius 1 is 1.00 bits per heavy atom. The van der Waals surface area contributed by atoms with Crippen molar-refractivity contribution < 1.29 is 35.3 Å². The Bertz CT molecular complexity index is 781. The van der Waals surface area contributed by atoms with Crippen molar-refractivity contribution >= 4 is 26.7 Å². The van der Waals surface area contributed by atoms with E-state index < -0.39 is 15.7 Å². The fourth-order valence-electron chi connectivity index (χ4n) is 2.67. The van der Waals surface area contributed by atoms with E-state index in [1.165, 1.54) is 0 Å². The van der Waals surface area contributed by atoms with Gasteiger partial charge in [0.2, 0.25) is 0 Å². The Balaban J connectivity index is 0.000000480. The van der Waals surface area contributed by atoms with Gasteiger partial charge in [-0.3, -0.25) is 5.26 Å². The van der Waals surface area contributed by atoms with Gasteiger partial charge in [0, 0.05) is 35.2 Å². The van der Waals surface area contributed by atoms with Crippen molar-refractivity contribution in [3.8, 4) is 0 Å². The topological polar surface area (TPSA) is 69.9 Å². The zero-order chi connectivity index (χ0) is 22.0. The first-order valence-corrected chi connectivity index (χ1v) is 11.1. The molecule has 1 heterocycles. The van der Waals surface area contributed by atoms with Crippen LogP contribution in [0.1, 0.15) is 0 Å². The molecule has 0 amide bonds. The van der Waals surface area contributed by atoms with Gasteiger partial charge in [0.05, 0.1) is 0 Å². The number of rotatable bonds is 6. The molecule has 0 atom stereocenters. The third kappa shape index (κ3) is 6.73. The number of nitrogens with zero attached hydrogens (tertiary/aromatic N) is 6. The Labute approximate surface area is 158 Å².